The highest BCUT2D eigenvalue weighted by molar-refractivity contribution is 7.73. The highest BCUT2D eigenvalue weighted by Crippen LogP contribution is 2.50. The Morgan fingerprint density at radius 2 is 1.44 bits per heavy atom. The second-order valence-electron chi connectivity index (χ2n) is 6.92. The molecule has 0 aromatic heterocycles. The van der Waals surface area contributed by atoms with Crippen LogP contribution in [0.4, 0.5) is 0 Å². The molecule has 1 aliphatic rings. The van der Waals surface area contributed by atoms with Crippen molar-refractivity contribution in [3.05, 3.63) is 60.7 Å². The Hall–Kier alpha value is -2.19. The quantitative estimate of drug-likeness (QED) is 0.571. The predicted molar refractivity (Wildman–Crippen MR) is 112 cm³/mol. The maximum Gasteiger partial charge on any atom is 0.223 e. The van der Waals surface area contributed by atoms with Gasteiger partial charge in [-0.05, 0) is 37.0 Å². The fourth-order valence-electron chi connectivity index (χ4n) is 3.82. The Morgan fingerprint density at radius 1 is 0.889 bits per heavy atom. The number of benzene rings is 2. The summed E-state index contributed by atoms with van der Waals surface area (Å²) in [5, 5.41) is 8.42. The van der Waals surface area contributed by atoms with Crippen LogP contribution in [0.25, 0.3) is 0 Å². The molecule has 2 aromatic carbocycles. The number of carbonyl (C=O) groups is 2. The van der Waals surface area contributed by atoms with E-state index in [4.69, 9.17) is 0 Å². The lowest BCUT2D eigenvalue weighted by Gasteiger charge is -2.29. The molecule has 0 radical (unpaired) electrons. The highest BCUT2D eigenvalue weighted by atomic mass is 31.1. The van der Waals surface area contributed by atoms with Crippen molar-refractivity contribution in [3.8, 4) is 0 Å². The van der Waals surface area contributed by atoms with Gasteiger partial charge in [0.15, 0.2) is 0 Å². The molecule has 3 rings (SSSR count). The number of nitrogens with one attached hydrogen (secondary N) is 2. The summed E-state index contributed by atoms with van der Waals surface area (Å²) in [4.78, 5) is 23.8. The maximum absolute atomic E-state index is 12.9. The molecule has 5 heteroatoms. The average Bonchev–Trinajstić information content (AvgIpc) is 3.16. The van der Waals surface area contributed by atoms with Gasteiger partial charge in [-0.3, -0.25) is 9.59 Å². The first-order valence-electron chi connectivity index (χ1n) is 9.58. The van der Waals surface area contributed by atoms with Gasteiger partial charge in [0.1, 0.15) is 0 Å². The van der Waals surface area contributed by atoms with Gasteiger partial charge in [0, 0.05) is 25.9 Å². The van der Waals surface area contributed by atoms with Crippen LogP contribution in [0.1, 0.15) is 26.2 Å². The molecule has 1 fully saturated rings. The minimum Gasteiger partial charge on any atom is -0.355 e. The molecule has 1 saturated carbocycles. The molecule has 2 amide bonds. The topological polar surface area (TPSA) is 58.2 Å². The lowest BCUT2D eigenvalue weighted by atomic mass is 10.1. The van der Waals surface area contributed by atoms with Crippen molar-refractivity contribution < 1.29 is 9.59 Å². The van der Waals surface area contributed by atoms with Gasteiger partial charge < -0.3 is 10.6 Å². The van der Waals surface area contributed by atoms with E-state index in [1.165, 1.54) is 17.5 Å². The minimum atomic E-state index is -0.583. The van der Waals surface area contributed by atoms with E-state index < -0.39 is 7.92 Å². The summed E-state index contributed by atoms with van der Waals surface area (Å²) in [6.45, 7) is 2.45. The van der Waals surface area contributed by atoms with Crippen LogP contribution in [-0.2, 0) is 9.59 Å². The molecule has 0 bridgehead atoms. The normalized spacial score (nSPS) is 19.0. The maximum atomic E-state index is 12.9. The van der Waals surface area contributed by atoms with Crippen molar-refractivity contribution in [2.75, 3.05) is 13.1 Å². The second-order valence-corrected chi connectivity index (χ2v) is 9.36. The third kappa shape index (κ3) is 5.17. The minimum absolute atomic E-state index is 0.0360. The molecular formula is C22H27N2O2P. The van der Waals surface area contributed by atoms with Crippen LogP contribution in [0, 0.1) is 5.92 Å². The summed E-state index contributed by atoms with van der Waals surface area (Å²) in [5.41, 5.74) is 0.352. The van der Waals surface area contributed by atoms with Crippen molar-refractivity contribution in [1.82, 2.24) is 10.6 Å². The molecule has 27 heavy (non-hydrogen) atoms. The zero-order chi connectivity index (χ0) is 19.1. The Labute approximate surface area is 162 Å². The van der Waals surface area contributed by atoms with Crippen molar-refractivity contribution in [2.45, 2.75) is 31.8 Å². The fourth-order valence-corrected chi connectivity index (χ4v) is 6.96. The van der Waals surface area contributed by atoms with E-state index in [9.17, 15) is 9.59 Å². The van der Waals surface area contributed by atoms with E-state index in [0.717, 1.165) is 19.3 Å². The van der Waals surface area contributed by atoms with Crippen LogP contribution in [-0.4, -0.2) is 30.6 Å². The lowest BCUT2D eigenvalue weighted by Crippen LogP contribution is -2.40. The van der Waals surface area contributed by atoms with Crippen molar-refractivity contribution in [1.29, 1.82) is 0 Å². The number of hydrogen-bond acceptors (Lipinski definition) is 2. The van der Waals surface area contributed by atoms with E-state index in [1.54, 1.807) is 0 Å². The smallest absolute Gasteiger partial charge is 0.223 e. The molecule has 2 unspecified atom stereocenters. The average molecular weight is 382 g/mol. The van der Waals surface area contributed by atoms with Crippen LogP contribution in [0.5, 0.6) is 0 Å². The Balaban J connectivity index is 1.77. The van der Waals surface area contributed by atoms with Crippen molar-refractivity contribution in [3.63, 3.8) is 0 Å². The molecule has 0 heterocycles. The van der Waals surface area contributed by atoms with E-state index in [-0.39, 0.29) is 17.7 Å². The van der Waals surface area contributed by atoms with Gasteiger partial charge in [0.2, 0.25) is 11.8 Å². The molecule has 2 atom stereocenters. The van der Waals surface area contributed by atoms with Gasteiger partial charge in [0.25, 0.3) is 0 Å². The van der Waals surface area contributed by atoms with Crippen molar-refractivity contribution in [2.24, 2.45) is 5.92 Å². The van der Waals surface area contributed by atoms with Gasteiger partial charge in [-0.2, -0.15) is 0 Å². The Bertz CT molecular complexity index is 712. The largest absolute Gasteiger partial charge is 0.355 e. The van der Waals surface area contributed by atoms with Crippen LogP contribution < -0.4 is 21.2 Å². The standard InChI is InChI=1S/C22H27N2O2P/c1-17(25)23-15-16-24-22(26)20-13-8-14-21(20)27(18-9-4-2-5-10-18)19-11-6-3-7-12-19/h2-7,9-12,20-21H,8,13-16H2,1H3,(H,23,25)(H,24,26). The van der Waals surface area contributed by atoms with Crippen LogP contribution in [0.2, 0.25) is 0 Å². The Morgan fingerprint density at radius 3 is 2.00 bits per heavy atom. The number of carbonyl (C=O) groups excluding carboxylic acids is 2. The lowest BCUT2D eigenvalue weighted by molar-refractivity contribution is -0.125. The molecule has 4 nitrogen and oxygen atoms in total. The zero-order valence-corrected chi connectivity index (χ0v) is 16.6. The number of rotatable bonds is 7. The highest BCUT2D eigenvalue weighted by Gasteiger charge is 2.39. The summed E-state index contributed by atoms with van der Waals surface area (Å²) in [6, 6.07) is 21.2. The first-order chi connectivity index (χ1) is 13.2. The Kier molecular flexibility index (Phi) is 7.00. The molecule has 142 valence electrons. The fraction of sp³-hybridized carbons (Fsp3) is 0.364. The van der Waals surface area contributed by atoms with Gasteiger partial charge >= 0.3 is 0 Å². The molecule has 1 aliphatic carbocycles. The van der Waals surface area contributed by atoms with Gasteiger partial charge in [-0.1, -0.05) is 67.1 Å². The molecule has 0 aliphatic heterocycles. The van der Waals surface area contributed by atoms with Crippen molar-refractivity contribution >= 4 is 30.3 Å². The summed E-state index contributed by atoms with van der Waals surface area (Å²) < 4.78 is 0. The molecule has 0 spiro atoms. The SMILES string of the molecule is CC(=O)NCCNC(=O)C1CCCC1P(c1ccccc1)c1ccccc1. The van der Waals surface area contributed by atoms with E-state index in [1.807, 2.05) is 12.1 Å². The number of amides is 2. The zero-order valence-electron chi connectivity index (χ0n) is 15.7. The van der Waals surface area contributed by atoms with Crippen LogP contribution in [0.15, 0.2) is 60.7 Å². The summed E-state index contributed by atoms with van der Waals surface area (Å²) in [7, 11) is -0.583. The van der Waals surface area contributed by atoms with Crippen LogP contribution in [0.3, 0.4) is 0 Å². The van der Waals surface area contributed by atoms with E-state index in [0.29, 0.717) is 18.7 Å². The second kappa shape index (κ2) is 9.66. The van der Waals surface area contributed by atoms with E-state index >= 15 is 0 Å². The summed E-state index contributed by atoms with van der Waals surface area (Å²) in [6.07, 6.45) is 3.11. The van der Waals surface area contributed by atoms with Gasteiger partial charge in [0.05, 0.1) is 0 Å². The van der Waals surface area contributed by atoms with Crippen LogP contribution >= 0.6 is 7.92 Å². The van der Waals surface area contributed by atoms with Gasteiger partial charge in [-0.15, -0.1) is 0 Å². The molecule has 0 saturated heterocycles. The van der Waals surface area contributed by atoms with Gasteiger partial charge in [-0.25, -0.2) is 0 Å². The predicted octanol–water partition coefficient (Wildman–Crippen LogP) is 2.54. The monoisotopic (exact) mass is 382 g/mol. The summed E-state index contributed by atoms with van der Waals surface area (Å²) in [5.74, 6) is 0.0933. The van der Waals surface area contributed by atoms with E-state index in [2.05, 4.69) is 59.2 Å². The third-order valence-corrected chi connectivity index (χ3v) is 8.01. The molecule has 2 aromatic rings. The summed E-state index contributed by atoms with van der Waals surface area (Å²) >= 11 is 0. The molecular weight excluding hydrogens is 355 g/mol. The third-order valence-electron chi connectivity index (χ3n) is 5.01. The number of hydrogen-bond donors (Lipinski definition) is 2. The first kappa shape index (κ1) is 19.6. The molecule has 2 N–H and O–H groups in total. The first-order valence-corrected chi connectivity index (χ1v) is 11.0.